The first-order valence-corrected chi connectivity index (χ1v) is 6.44. The molecule has 112 valence electrons. The summed E-state index contributed by atoms with van der Waals surface area (Å²) in [6, 6.07) is 4.46. The van der Waals surface area contributed by atoms with Crippen LogP contribution in [0.5, 0.6) is 5.88 Å². The fraction of sp³-hybridized carbons (Fsp3) is 0.462. The minimum atomic E-state index is -2.93. The van der Waals surface area contributed by atoms with Crippen LogP contribution >= 0.6 is 0 Å². The van der Waals surface area contributed by atoms with Gasteiger partial charge < -0.3 is 14.0 Å². The topological polar surface area (TPSA) is 70.3 Å². The lowest BCUT2D eigenvalue weighted by atomic mass is 9.80. The Labute approximate surface area is 119 Å². The molecule has 0 radical (unpaired) electrons. The number of hydrogen-bond donors (Lipinski definition) is 0. The van der Waals surface area contributed by atoms with E-state index in [2.05, 4.69) is 19.9 Å². The lowest BCUT2D eigenvalue weighted by Gasteiger charge is -2.36. The number of halogens is 2. The van der Waals surface area contributed by atoms with Gasteiger partial charge >= 0.3 is 6.61 Å². The molecule has 1 aliphatic rings. The molecule has 6 nitrogen and oxygen atoms in total. The maximum absolute atomic E-state index is 12.2. The van der Waals surface area contributed by atoms with Crippen LogP contribution in [0.25, 0.3) is 11.5 Å². The van der Waals surface area contributed by atoms with Gasteiger partial charge in [0.1, 0.15) is 11.3 Å². The molecule has 21 heavy (non-hydrogen) atoms. The number of alkyl halides is 2. The number of rotatable bonds is 5. The van der Waals surface area contributed by atoms with Crippen molar-refractivity contribution in [2.75, 3.05) is 7.11 Å². The summed E-state index contributed by atoms with van der Waals surface area (Å²) in [6.07, 6.45) is 2.65. The Morgan fingerprint density at radius 3 is 2.71 bits per heavy atom. The number of nitrogens with zero attached hydrogens (tertiary/aromatic N) is 3. The van der Waals surface area contributed by atoms with Crippen LogP contribution in [0.3, 0.4) is 0 Å². The molecule has 2 aromatic rings. The van der Waals surface area contributed by atoms with E-state index in [-0.39, 0.29) is 11.7 Å². The van der Waals surface area contributed by atoms with Gasteiger partial charge in [0.25, 0.3) is 5.89 Å². The summed E-state index contributed by atoms with van der Waals surface area (Å²) >= 11 is 0. The summed E-state index contributed by atoms with van der Waals surface area (Å²) in [5.74, 6) is 0.403. The molecule has 0 N–H and O–H groups in total. The lowest BCUT2D eigenvalue weighted by Crippen LogP contribution is -2.36. The fourth-order valence-corrected chi connectivity index (χ4v) is 2.21. The van der Waals surface area contributed by atoms with E-state index in [9.17, 15) is 8.78 Å². The summed E-state index contributed by atoms with van der Waals surface area (Å²) in [4.78, 5) is 8.18. The number of ether oxygens (including phenoxy) is 2. The van der Waals surface area contributed by atoms with Gasteiger partial charge in [0.15, 0.2) is 0 Å². The smallest absolute Gasteiger partial charge is 0.388 e. The second-order valence-electron chi connectivity index (χ2n) is 4.71. The molecule has 1 saturated carbocycles. The number of methoxy groups -OCH3 is 1. The van der Waals surface area contributed by atoms with Crippen molar-refractivity contribution >= 4 is 0 Å². The highest BCUT2D eigenvalue weighted by molar-refractivity contribution is 5.49. The van der Waals surface area contributed by atoms with Crippen LogP contribution in [0.15, 0.2) is 22.7 Å². The molecule has 0 aliphatic heterocycles. The molecule has 0 bridgehead atoms. The van der Waals surface area contributed by atoms with Crippen LogP contribution in [0, 0.1) is 0 Å². The first-order chi connectivity index (χ1) is 10.1. The first kappa shape index (κ1) is 13.9. The minimum absolute atomic E-state index is 0.195. The van der Waals surface area contributed by atoms with Crippen molar-refractivity contribution in [1.29, 1.82) is 0 Å². The first-order valence-electron chi connectivity index (χ1n) is 6.44. The summed E-state index contributed by atoms with van der Waals surface area (Å²) in [5.41, 5.74) is -0.226. The zero-order valence-electron chi connectivity index (χ0n) is 11.3. The van der Waals surface area contributed by atoms with Gasteiger partial charge in [0, 0.05) is 13.2 Å². The molecule has 0 spiro atoms. The number of aromatic nitrogens is 3. The van der Waals surface area contributed by atoms with Crippen LogP contribution in [0.4, 0.5) is 8.78 Å². The molecular weight excluding hydrogens is 284 g/mol. The van der Waals surface area contributed by atoms with Crippen molar-refractivity contribution < 1.29 is 22.8 Å². The van der Waals surface area contributed by atoms with E-state index >= 15 is 0 Å². The third kappa shape index (κ3) is 2.58. The number of pyridine rings is 1. The van der Waals surface area contributed by atoms with Crippen molar-refractivity contribution in [3.63, 3.8) is 0 Å². The second kappa shape index (κ2) is 5.36. The van der Waals surface area contributed by atoms with Crippen LogP contribution in [0.2, 0.25) is 0 Å². The molecule has 8 heteroatoms. The van der Waals surface area contributed by atoms with Gasteiger partial charge in [-0.1, -0.05) is 11.2 Å². The summed E-state index contributed by atoms with van der Waals surface area (Å²) < 4.78 is 39.3. The number of hydrogen-bond acceptors (Lipinski definition) is 6. The van der Waals surface area contributed by atoms with Crippen molar-refractivity contribution in [2.24, 2.45) is 0 Å². The predicted octanol–water partition coefficient (Wildman–Crippen LogP) is 2.76. The third-order valence-electron chi connectivity index (χ3n) is 3.53. The summed E-state index contributed by atoms with van der Waals surface area (Å²) in [7, 11) is 1.60. The van der Waals surface area contributed by atoms with Gasteiger partial charge in [-0.15, -0.1) is 0 Å². The molecule has 2 heterocycles. The van der Waals surface area contributed by atoms with Crippen molar-refractivity contribution in [3.05, 3.63) is 24.1 Å². The molecule has 0 saturated heterocycles. The highest BCUT2D eigenvalue weighted by atomic mass is 19.3. The second-order valence-corrected chi connectivity index (χ2v) is 4.71. The zero-order chi connectivity index (χ0) is 14.9. The normalized spacial score (nSPS) is 16.8. The van der Waals surface area contributed by atoms with Crippen LogP contribution in [-0.4, -0.2) is 28.8 Å². The molecule has 0 amide bonds. The molecule has 0 atom stereocenters. The van der Waals surface area contributed by atoms with Gasteiger partial charge in [-0.3, -0.25) is 0 Å². The summed E-state index contributed by atoms with van der Waals surface area (Å²) in [5, 5.41) is 3.83. The van der Waals surface area contributed by atoms with Crippen LogP contribution < -0.4 is 4.74 Å². The highest BCUT2D eigenvalue weighted by Gasteiger charge is 2.44. The predicted molar refractivity (Wildman–Crippen MR) is 66.7 cm³/mol. The van der Waals surface area contributed by atoms with E-state index in [1.54, 1.807) is 13.2 Å². The van der Waals surface area contributed by atoms with E-state index in [1.165, 1.54) is 12.1 Å². The van der Waals surface area contributed by atoms with Crippen molar-refractivity contribution in [2.45, 2.75) is 31.5 Å². The maximum Gasteiger partial charge on any atom is 0.388 e. The molecule has 1 fully saturated rings. The SMILES string of the molecule is COC1(c2nc(-c3cccc(OC(F)F)n3)no2)CCC1. The Kier molecular flexibility index (Phi) is 3.54. The maximum atomic E-state index is 12.2. The largest absolute Gasteiger partial charge is 0.417 e. The van der Waals surface area contributed by atoms with E-state index in [4.69, 9.17) is 9.26 Å². The van der Waals surface area contributed by atoms with Gasteiger partial charge in [0.2, 0.25) is 11.7 Å². The van der Waals surface area contributed by atoms with E-state index < -0.39 is 12.2 Å². The Bertz CT molecular complexity index is 623. The molecular formula is C13H13F2N3O3. The highest BCUT2D eigenvalue weighted by Crippen LogP contribution is 2.43. The molecule has 0 aromatic carbocycles. The van der Waals surface area contributed by atoms with Gasteiger partial charge in [-0.05, 0) is 25.3 Å². The van der Waals surface area contributed by atoms with E-state index in [0.29, 0.717) is 11.6 Å². The lowest BCUT2D eigenvalue weighted by molar-refractivity contribution is -0.0992. The fourth-order valence-electron chi connectivity index (χ4n) is 2.21. The molecule has 1 aliphatic carbocycles. The van der Waals surface area contributed by atoms with Gasteiger partial charge in [-0.2, -0.15) is 13.8 Å². The zero-order valence-corrected chi connectivity index (χ0v) is 11.3. The Hall–Kier alpha value is -2.09. The Morgan fingerprint density at radius 2 is 2.10 bits per heavy atom. The van der Waals surface area contributed by atoms with E-state index in [0.717, 1.165) is 19.3 Å². The average Bonchev–Trinajstić information content (AvgIpc) is 2.88. The Morgan fingerprint density at radius 1 is 1.29 bits per heavy atom. The van der Waals surface area contributed by atoms with E-state index in [1.807, 2.05) is 0 Å². The monoisotopic (exact) mass is 297 g/mol. The molecule has 2 aromatic heterocycles. The molecule has 0 unspecified atom stereocenters. The van der Waals surface area contributed by atoms with Crippen LogP contribution in [-0.2, 0) is 10.3 Å². The van der Waals surface area contributed by atoms with Gasteiger partial charge in [-0.25, -0.2) is 4.98 Å². The van der Waals surface area contributed by atoms with Crippen molar-refractivity contribution in [3.8, 4) is 17.4 Å². The minimum Gasteiger partial charge on any atom is -0.417 e. The average molecular weight is 297 g/mol. The summed E-state index contributed by atoms with van der Waals surface area (Å²) in [6.45, 7) is -2.93. The molecule has 3 rings (SSSR count). The quantitative estimate of drug-likeness (QED) is 0.845. The van der Waals surface area contributed by atoms with Crippen LogP contribution in [0.1, 0.15) is 25.2 Å². The third-order valence-corrected chi connectivity index (χ3v) is 3.53. The van der Waals surface area contributed by atoms with Gasteiger partial charge in [0.05, 0.1) is 0 Å². The standard InChI is InChI=1S/C13H13F2N3O3/c1-19-13(6-3-7-13)11-17-10(18-21-11)8-4-2-5-9(16-8)20-12(14)15/h2,4-5,12H,3,6-7H2,1H3. The Balaban J connectivity index is 1.86. The van der Waals surface area contributed by atoms with Crippen molar-refractivity contribution in [1.82, 2.24) is 15.1 Å².